The molecule has 0 spiro atoms. The van der Waals surface area contributed by atoms with Crippen LogP contribution in [0.3, 0.4) is 0 Å². The zero-order chi connectivity index (χ0) is 12.3. The average Bonchev–Trinajstić information content (AvgIpc) is 2.77. The van der Waals surface area contributed by atoms with Gasteiger partial charge >= 0.3 is 5.97 Å². The van der Waals surface area contributed by atoms with E-state index in [1.54, 1.807) is 23.5 Å². The Kier molecular flexibility index (Phi) is 3.56. The van der Waals surface area contributed by atoms with Gasteiger partial charge in [-0.05, 0) is 48.9 Å². The highest BCUT2D eigenvalue weighted by Crippen LogP contribution is 2.28. The second-order valence-electron chi connectivity index (χ2n) is 3.61. The van der Waals surface area contributed by atoms with Crippen molar-refractivity contribution in [3.8, 4) is 16.2 Å². The van der Waals surface area contributed by atoms with Crippen molar-refractivity contribution in [1.29, 1.82) is 0 Å². The van der Waals surface area contributed by atoms with Crippen molar-refractivity contribution in [3.63, 3.8) is 0 Å². The van der Waals surface area contributed by atoms with E-state index in [2.05, 4.69) is 19.1 Å². The fourth-order valence-electron chi connectivity index (χ4n) is 1.45. The molecule has 2 N–H and O–H groups in total. The summed E-state index contributed by atoms with van der Waals surface area (Å²) in [6.07, 6.45) is 0. The van der Waals surface area contributed by atoms with Gasteiger partial charge in [-0.15, -0.1) is 11.3 Å². The number of thiophene rings is 1. The summed E-state index contributed by atoms with van der Waals surface area (Å²) in [4.78, 5) is 13.5. The van der Waals surface area contributed by atoms with Gasteiger partial charge in [0.25, 0.3) is 0 Å². The molecular weight excluding hydrogens is 234 g/mol. The molecule has 0 bridgehead atoms. The molecule has 0 aliphatic heterocycles. The summed E-state index contributed by atoms with van der Waals surface area (Å²) < 4.78 is 5.00. The number of esters is 1. The van der Waals surface area contributed by atoms with E-state index in [0.29, 0.717) is 5.75 Å². The van der Waals surface area contributed by atoms with Crippen LogP contribution in [-0.4, -0.2) is 12.5 Å². The summed E-state index contributed by atoms with van der Waals surface area (Å²) in [5, 5.41) is 0. The van der Waals surface area contributed by atoms with Gasteiger partial charge in [-0.25, -0.2) is 0 Å². The molecule has 17 heavy (non-hydrogen) atoms. The molecule has 0 aliphatic rings. The van der Waals surface area contributed by atoms with Crippen LogP contribution in [0.25, 0.3) is 10.4 Å². The van der Waals surface area contributed by atoms with Crippen LogP contribution in [0.1, 0.15) is 4.88 Å². The van der Waals surface area contributed by atoms with Crippen molar-refractivity contribution < 1.29 is 9.53 Å². The standard InChI is InChI=1S/C13H13NO2S/c1-9-2-7-12(17-9)10-3-5-11(6-4-10)16-13(15)8-14/h2-7H,8,14H2,1H3. The third-order valence-corrected chi connectivity index (χ3v) is 3.33. The predicted octanol–water partition coefficient (Wildman–Crippen LogP) is 2.59. The summed E-state index contributed by atoms with van der Waals surface area (Å²) in [6.45, 7) is 1.97. The molecule has 0 aliphatic carbocycles. The summed E-state index contributed by atoms with van der Waals surface area (Å²) in [7, 11) is 0. The highest BCUT2D eigenvalue weighted by atomic mass is 32.1. The number of ether oxygens (including phenoxy) is 1. The molecule has 2 rings (SSSR count). The summed E-state index contributed by atoms with van der Waals surface area (Å²) in [5.74, 6) is 0.0993. The smallest absolute Gasteiger partial charge is 0.325 e. The van der Waals surface area contributed by atoms with E-state index in [9.17, 15) is 4.79 Å². The van der Waals surface area contributed by atoms with Crippen molar-refractivity contribution in [3.05, 3.63) is 41.3 Å². The highest BCUT2D eigenvalue weighted by Gasteiger charge is 2.03. The van der Waals surface area contributed by atoms with E-state index in [1.165, 1.54) is 9.75 Å². The van der Waals surface area contributed by atoms with E-state index in [0.717, 1.165) is 5.56 Å². The lowest BCUT2D eigenvalue weighted by molar-refractivity contribution is -0.132. The molecule has 0 fully saturated rings. The second-order valence-corrected chi connectivity index (χ2v) is 4.90. The van der Waals surface area contributed by atoms with Crippen molar-refractivity contribution in [2.24, 2.45) is 5.73 Å². The number of hydrogen-bond acceptors (Lipinski definition) is 4. The lowest BCUT2D eigenvalue weighted by Crippen LogP contribution is -2.19. The van der Waals surface area contributed by atoms with Gasteiger partial charge in [0, 0.05) is 9.75 Å². The summed E-state index contributed by atoms with van der Waals surface area (Å²) in [5.41, 5.74) is 6.29. The van der Waals surface area contributed by atoms with Gasteiger partial charge in [-0.1, -0.05) is 0 Å². The van der Waals surface area contributed by atoms with Crippen molar-refractivity contribution in [2.45, 2.75) is 6.92 Å². The minimum absolute atomic E-state index is 0.105. The lowest BCUT2D eigenvalue weighted by atomic mass is 10.2. The van der Waals surface area contributed by atoms with Crippen molar-refractivity contribution in [2.75, 3.05) is 6.54 Å². The van der Waals surface area contributed by atoms with Crippen LogP contribution >= 0.6 is 11.3 Å². The van der Waals surface area contributed by atoms with Crippen LogP contribution in [0, 0.1) is 6.92 Å². The first kappa shape index (κ1) is 11.8. The largest absolute Gasteiger partial charge is 0.426 e. The van der Waals surface area contributed by atoms with Crippen LogP contribution < -0.4 is 10.5 Å². The van der Waals surface area contributed by atoms with Crippen LogP contribution in [0.2, 0.25) is 0 Å². The number of rotatable bonds is 3. The van der Waals surface area contributed by atoms with E-state index >= 15 is 0 Å². The Morgan fingerprint density at radius 1 is 1.24 bits per heavy atom. The van der Waals surface area contributed by atoms with Crippen LogP contribution in [0.15, 0.2) is 36.4 Å². The first-order valence-electron chi connectivity index (χ1n) is 5.26. The predicted molar refractivity (Wildman–Crippen MR) is 69.2 cm³/mol. The number of aryl methyl sites for hydroxylation is 1. The normalized spacial score (nSPS) is 10.2. The summed E-state index contributed by atoms with van der Waals surface area (Å²) in [6, 6.07) is 11.6. The Balaban J connectivity index is 2.15. The maximum atomic E-state index is 11.0. The quantitative estimate of drug-likeness (QED) is 0.670. The van der Waals surface area contributed by atoms with Gasteiger partial charge in [0.15, 0.2) is 0 Å². The minimum Gasteiger partial charge on any atom is -0.426 e. The Morgan fingerprint density at radius 2 is 1.94 bits per heavy atom. The number of benzene rings is 1. The monoisotopic (exact) mass is 247 g/mol. The van der Waals surface area contributed by atoms with Crippen molar-refractivity contribution >= 4 is 17.3 Å². The minimum atomic E-state index is -0.426. The van der Waals surface area contributed by atoms with Crippen LogP contribution in [-0.2, 0) is 4.79 Å². The Bertz CT molecular complexity index is 516. The van der Waals surface area contributed by atoms with Gasteiger partial charge in [0.05, 0.1) is 6.54 Å². The Hall–Kier alpha value is -1.65. The molecule has 88 valence electrons. The van der Waals surface area contributed by atoms with E-state index in [4.69, 9.17) is 10.5 Å². The molecule has 0 atom stereocenters. The molecule has 1 heterocycles. The van der Waals surface area contributed by atoms with Crippen LogP contribution in [0.5, 0.6) is 5.75 Å². The van der Waals surface area contributed by atoms with E-state index < -0.39 is 5.97 Å². The zero-order valence-corrected chi connectivity index (χ0v) is 10.3. The maximum absolute atomic E-state index is 11.0. The van der Waals surface area contributed by atoms with Gasteiger partial charge in [0.1, 0.15) is 5.75 Å². The third kappa shape index (κ3) is 2.93. The number of carbonyl (C=O) groups excluding carboxylic acids is 1. The molecule has 1 aromatic carbocycles. The average molecular weight is 247 g/mol. The molecule has 0 unspecified atom stereocenters. The Labute approximate surface area is 104 Å². The number of hydrogen-bond donors (Lipinski definition) is 1. The number of carbonyl (C=O) groups is 1. The first-order chi connectivity index (χ1) is 8.19. The van der Waals surface area contributed by atoms with E-state index in [-0.39, 0.29) is 6.54 Å². The van der Waals surface area contributed by atoms with Gasteiger partial charge in [-0.2, -0.15) is 0 Å². The molecule has 0 saturated carbocycles. The molecular formula is C13H13NO2S. The summed E-state index contributed by atoms with van der Waals surface area (Å²) >= 11 is 1.74. The number of nitrogens with two attached hydrogens (primary N) is 1. The third-order valence-electron chi connectivity index (χ3n) is 2.28. The molecule has 2 aromatic rings. The molecule has 1 aromatic heterocycles. The fourth-order valence-corrected chi connectivity index (χ4v) is 2.32. The topological polar surface area (TPSA) is 52.3 Å². The first-order valence-corrected chi connectivity index (χ1v) is 6.08. The SMILES string of the molecule is Cc1ccc(-c2ccc(OC(=O)CN)cc2)s1. The van der Waals surface area contributed by atoms with Gasteiger partial charge in [-0.3, -0.25) is 4.79 Å². The Morgan fingerprint density at radius 3 is 2.47 bits per heavy atom. The van der Waals surface area contributed by atoms with Gasteiger partial charge in [0.2, 0.25) is 0 Å². The van der Waals surface area contributed by atoms with Crippen LogP contribution in [0.4, 0.5) is 0 Å². The zero-order valence-electron chi connectivity index (χ0n) is 9.47. The van der Waals surface area contributed by atoms with Crippen molar-refractivity contribution in [1.82, 2.24) is 0 Å². The van der Waals surface area contributed by atoms with E-state index in [1.807, 2.05) is 12.1 Å². The lowest BCUT2D eigenvalue weighted by Gasteiger charge is -2.03. The molecule has 3 nitrogen and oxygen atoms in total. The maximum Gasteiger partial charge on any atom is 0.325 e. The molecule has 4 heteroatoms. The fraction of sp³-hybridized carbons (Fsp3) is 0.154. The second kappa shape index (κ2) is 5.12. The molecule has 0 amide bonds. The highest BCUT2D eigenvalue weighted by molar-refractivity contribution is 7.15. The molecule has 0 saturated heterocycles. The van der Waals surface area contributed by atoms with Gasteiger partial charge < -0.3 is 10.5 Å². The molecule has 0 radical (unpaired) electrons.